The van der Waals surface area contributed by atoms with Crippen molar-refractivity contribution in [2.75, 3.05) is 26.2 Å². The summed E-state index contributed by atoms with van der Waals surface area (Å²) < 4.78 is 14.4. The highest BCUT2D eigenvalue weighted by atomic mass is 19.1. The summed E-state index contributed by atoms with van der Waals surface area (Å²) in [5.74, 6) is 0.168. The van der Waals surface area contributed by atoms with Gasteiger partial charge in [0.1, 0.15) is 5.82 Å². The zero-order valence-electron chi connectivity index (χ0n) is 19.4. The molecule has 4 rings (SSSR count). The number of carbonyl (C=O) groups excluding carboxylic acids is 1. The Kier molecular flexibility index (Phi) is 7.50. The molecule has 1 aliphatic rings. The second-order valence-corrected chi connectivity index (χ2v) is 9.38. The van der Waals surface area contributed by atoms with Gasteiger partial charge >= 0.3 is 0 Å². The van der Waals surface area contributed by atoms with E-state index < -0.39 is 5.82 Å². The van der Waals surface area contributed by atoms with E-state index in [9.17, 15) is 9.18 Å². The number of halogens is 1. The number of amides is 1. The maximum atomic E-state index is 14.4. The van der Waals surface area contributed by atoms with Gasteiger partial charge in [0.25, 0.3) is 5.91 Å². The van der Waals surface area contributed by atoms with Gasteiger partial charge in [-0.25, -0.2) is 4.39 Å². The fourth-order valence-electron chi connectivity index (χ4n) is 4.84. The molecule has 0 aliphatic carbocycles. The summed E-state index contributed by atoms with van der Waals surface area (Å²) in [6, 6.07) is 22.8. The summed E-state index contributed by atoms with van der Waals surface area (Å²) in [7, 11) is 0. The lowest BCUT2D eigenvalue weighted by molar-refractivity contribution is 0.0698. The van der Waals surface area contributed by atoms with Crippen molar-refractivity contribution in [3.8, 4) is 0 Å². The molecule has 1 fully saturated rings. The number of benzene rings is 2. The smallest absolute Gasteiger partial charge is 0.256 e. The Morgan fingerprint density at radius 1 is 1.03 bits per heavy atom. The van der Waals surface area contributed by atoms with E-state index in [-0.39, 0.29) is 17.4 Å². The Hall–Kier alpha value is -3.05. The van der Waals surface area contributed by atoms with E-state index >= 15 is 0 Å². The van der Waals surface area contributed by atoms with Gasteiger partial charge in [0, 0.05) is 44.8 Å². The lowest BCUT2D eigenvalue weighted by atomic mass is 9.88. The lowest BCUT2D eigenvalue weighted by Gasteiger charge is -2.30. The van der Waals surface area contributed by atoms with Crippen molar-refractivity contribution in [3.05, 3.63) is 102 Å². The first-order valence-electron chi connectivity index (χ1n) is 11.7. The molecule has 1 aliphatic heterocycles. The standard InChI is InChI=1S/C28H32FN3O/c1-21(2)16-32(28(33)25-13-6-7-14-27(25)29)18-23-17-31(19-24-12-8-9-15-30-24)20-26(23)22-10-4-3-5-11-22/h3-15,21,23,26H,16-20H2,1-2H3/t23-,26+/m1/s1. The highest BCUT2D eigenvalue weighted by molar-refractivity contribution is 5.94. The van der Waals surface area contributed by atoms with Crippen LogP contribution in [0.15, 0.2) is 79.0 Å². The van der Waals surface area contributed by atoms with E-state index in [1.807, 2.05) is 29.3 Å². The van der Waals surface area contributed by atoms with Gasteiger partial charge in [-0.15, -0.1) is 0 Å². The summed E-state index contributed by atoms with van der Waals surface area (Å²) in [6.45, 7) is 7.96. The van der Waals surface area contributed by atoms with Crippen molar-refractivity contribution < 1.29 is 9.18 Å². The molecule has 4 nitrogen and oxygen atoms in total. The number of carbonyl (C=O) groups is 1. The van der Waals surface area contributed by atoms with E-state index in [2.05, 4.69) is 54.1 Å². The maximum absolute atomic E-state index is 14.4. The summed E-state index contributed by atoms with van der Waals surface area (Å²) >= 11 is 0. The van der Waals surface area contributed by atoms with E-state index in [4.69, 9.17) is 0 Å². The third-order valence-electron chi connectivity index (χ3n) is 6.29. The van der Waals surface area contributed by atoms with Crippen molar-refractivity contribution in [2.45, 2.75) is 26.3 Å². The van der Waals surface area contributed by atoms with Crippen LogP contribution in [0.1, 0.15) is 41.4 Å². The quantitative estimate of drug-likeness (QED) is 0.476. The minimum atomic E-state index is -0.459. The van der Waals surface area contributed by atoms with Gasteiger partial charge < -0.3 is 4.90 Å². The van der Waals surface area contributed by atoms with Crippen molar-refractivity contribution in [1.29, 1.82) is 0 Å². The minimum absolute atomic E-state index is 0.151. The molecule has 5 heteroatoms. The van der Waals surface area contributed by atoms with E-state index in [0.29, 0.717) is 24.9 Å². The van der Waals surface area contributed by atoms with E-state index in [0.717, 1.165) is 25.3 Å². The summed E-state index contributed by atoms with van der Waals surface area (Å²) in [6.07, 6.45) is 1.83. The van der Waals surface area contributed by atoms with Crippen LogP contribution < -0.4 is 0 Å². The first kappa shape index (κ1) is 23.1. The number of aromatic nitrogens is 1. The van der Waals surface area contributed by atoms with Crippen molar-refractivity contribution in [3.63, 3.8) is 0 Å². The number of nitrogens with zero attached hydrogens (tertiary/aromatic N) is 3. The van der Waals surface area contributed by atoms with Crippen LogP contribution in [-0.4, -0.2) is 46.9 Å². The van der Waals surface area contributed by atoms with Crippen LogP contribution >= 0.6 is 0 Å². The molecule has 172 valence electrons. The Morgan fingerprint density at radius 3 is 2.45 bits per heavy atom. The predicted octanol–water partition coefficient (Wildman–Crippen LogP) is 5.23. The van der Waals surface area contributed by atoms with Crippen LogP contribution in [0.5, 0.6) is 0 Å². The maximum Gasteiger partial charge on any atom is 0.256 e. The highest BCUT2D eigenvalue weighted by Gasteiger charge is 2.36. The van der Waals surface area contributed by atoms with E-state index in [1.54, 1.807) is 18.2 Å². The molecule has 2 atom stereocenters. The van der Waals surface area contributed by atoms with Gasteiger partial charge in [0.05, 0.1) is 11.3 Å². The third kappa shape index (κ3) is 5.85. The third-order valence-corrected chi connectivity index (χ3v) is 6.29. The normalized spacial score (nSPS) is 18.5. The number of hydrogen-bond donors (Lipinski definition) is 0. The molecule has 1 aromatic heterocycles. The van der Waals surface area contributed by atoms with Gasteiger partial charge in [-0.1, -0.05) is 62.4 Å². The lowest BCUT2D eigenvalue weighted by Crippen LogP contribution is -2.40. The van der Waals surface area contributed by atoms with Gasteiger partial charge in [-0.3, -0.25) is 14.7 Å². The van der Waals surface area contributed by atoms with Gasteiger partial charge in [-0.05, 0) is 41.7 Å². The molecule has 1 saturated heterocycles. The molecule has 33 heavy (non-hydrogen) atoms. The minimum Gasteiger partial charge on any atom is -0.338 e. The Balaban J connectivity index is 1.58. The molecule has 0 bridgehead atoms. The fraction of sp³-hybridized carbons (Fsp3) is 0.357. The highest BCUT2D eigenvalue weighted by Crippen LogP contribution is 2.34. The SMILES string of the molecule is CC(C)CN(C[C@H]1CN(Cc2ccccn2)C[C@H]1c1ccccc1)C(=O)c1ccccc1F. The topological polar surface area (TPSA) is 36.4 Å². The van der Waals surface area contributed by atoms with Crippen molar-refractivity contribution >= 4 is 5.91 Å². The molecule has 0 unspecified atom stereocenters. The predicted molar refractivity (Wildman–Crippen MR) is 129 cm³/mol. The van der Waals surface area contributed by atoms with Crippen LogP contribution in [0.4, 0.5) is 4.39 Å². The first-order chi connectivity index (χ1) is 16.0. The summed E-state index contributed by atoms with van der Waals surface area (Å²) in [5.41, 5.74) is 2.48. The van der Waals surface area contributed by atoms with Gasteiger partial charge in [0.2, 0.25) is 0 Å². The Labute approximate surface area is 196 Å². The molecular formula is C28H32FN3O. The molecular weight excluding hydrogens is 413 g/mol. The number of likely N-dealkylation sites (tertiary alicyclic amines) is 1. The molecule has 0 saturated carbocycles. The van der Waals surface area contributed by atoms with Crippen LogP contribution in [0.25, 0.3) is 0 Å². The van der Waals surface area contributed by atoms with Crippen LogP contribution in [-0.2, 0) is 6.54 Å². The first-order valence-corrected chi connectivity index (χ1v) is 11.7. The second kappa shape index (κ2) is 10.7. The molecule has 2 aromatic carbocycles. The second-order valence-electron chi connectivity index (χ2n) is 9.38. The average molecular weight is 446 g/mol. The van der Waals surface area contributed by atoms with E-state index in [1.165, 1.54) is 11.6 Å². The van der Waals surface area contributed by atoms with Crippen molar-refractivity contribution in [2.24, 2.45) is 11.8 Å². The largest absolute Gasteiger partial charge is 0.338 e. The fourth-order valence-corrected chi connectivity index (χ4v) is 4.84. The monoisotopic (exact) mass is 445 g/mol. The molecule has 3 aromatic rings. The average Bonchev–Trinajstić information content (AvgIpc) is 3.21. The molecule has 1 amide bonds. The van der Waals surface area contributed by atoms with Crippen molar-refractivity contribution in [1.82, 2.24) is 14.8 Å². The van der Waals surface area contributed by atoms with Crippen LogP contribution in [0.2, 0.25) is 0 Å². The van der Waals surface area contributed by atoms with Gasteiger partial charge in [-0.2, -0.15) is 0 Å². The molecule has 2 heterocycles. The zero-order chi connectivity index (χ0) is 23.2. The summed E-state index contributed by atoms with van der Waals surface area (Å²) in [5, 5.41) is 0. The Morgan fingerprint density at radius 2 is 1.76 bits per heavy atom. The zero-order valence-corrected chi connectivity index (χ0v) is 19.4. The number of rotatable bonds is 8. The van der Waals surface area contributed by atoms with Crippen LogP contribution in [0, 0.1) is 17.7 Å². The van der Waals surface area contributed by atoms with Gasteiger partial charge in [0.15, 0.2) is 0 Å². The summed E-state index contributed by atoms with van der Waals surface area (Å²) in [4.78, 5) is 22.1. The number of pyridine rings is 1. The molecule has 0 spiro atoms. The Bertz CT molecular complexity index is 1040. The number of hydrogen-bond acceptors (Lipinski definition) is 3. The van der Waals surface area contributed by atoms with Crippen LogP contribution in [0.3, 0.4) is 0 Å². The molecule has 0 radical (unpaired) electrons. The molecule has 0 N–H and O–H groups in total.